The van der Waals surface area contributed by atoms with Crippen LogP contribution in [0, 0.1) is 5.92 Å². The lowest BCUT2D eigenvalue weighted by Crippen LogP contribution is -2.35. The Hall–Kier alpha value is -2.04. The first-order valence-corrected chi connectivity index (χ1v) is 8.40. The van der Waals surface area contributed by atoms with E-state index in [-0.39, 0.29) is 23.8 Å². The summed E-state index contributed by atoms with van der Waals surface area (Å²) in [5.74, 6) is 1.28. The lowest BCUT2D eigenvalue weighted by atomic mass is 9.83. The van der Waals surface area contributed by atoms with Crippen LogP contribution in [0.15, 0.2) is 23.3 Å². The van der Waals surface area contributed by atoms with E-state index in [9.17, 15) is 4.79 Å². The van der Waals surface area contributed by atoms with Gasteiger partial charge < -0.3 is 9.47 Å². The Kier molecular flexibility index (Phi) is 4.84. The number of rotatable bonds is 5. The quantitative estimate of drug-likeness (QED) is 0.907. The van der Waals surface area contributed by atoms with Gasteiger partial charge in [-0.2, -0.15) is 5.10 Å². The highest BCUT2D eigenvalue weighted by molar-refractivity contribution is 5.90. The summed E-state index contributed by atoms with van der Waals surface area (Å²) in [6.45, 7) is 2.07. The SMILES string of the molecule is CCC1C=NNC(=O)C1c1ccc(OC)c(OC2CCCC2)c1. The van der Waals surface area contributed by atoms with Crippen LogP contribution in [-0.4, -0.2) is 25.3 Å². The van der Waals surface area contributed by atoms with Crippen LogP contribution in [0.2, 0.25) is 0 Å². The van der Waals surface area contributed by atoms with Crippen molar-refractivity contribution in [1.82, 2.24) is 5.43 Å². The minimum atomic E-state index is -0.227. The van der Waals surface area contributed by atoms with Gasteiger partial charge in [0.15, 0.2) is 11.5 Å². The van der Waals surface area contributed by atoms with E-state index in [1.165, 1.54) is 12.8 Å². The van der Waals surface area contributed by atoms with Gasteiger partial charge in [0, 0.05) is 12.1 Å². The van der Waals surface area contributed by atoms with Crippen LogP contribution < -0.4 is 14.9 Å². The maximum absolute atomic E-state index is 12.3. The van der Waals surface area contributed by atoms with Crippen LogP contribution in [0.25, 0.3) is 0 Å². The monoisotopic (exact) mass is 316 g/mol. The van der Waals surface area contributed by atoms with Crippen molar-refractivity contribution < 1.29 is 14.3 Å². The van der Waals surface area contributed by atoms with E-state index in [2.05, 4.69) is 17.5 Å². The zero-order valence-corrected chi connectivity index (χ0v) is 13.7. The summed E-state index contributed by atoms with van der Waals surface area (Å²) in [7, 11) is 1.64. The number of carbonyl (C=O) groups is 1. The van der Waals surface area contributed by atoms with Gasteiger partial charge in [-0.3, -0.25) is 4.79 Å². The lowest BCUT2D eigenvalue weighted by molar-refractivity contribution is -0.123. The molecule has 1 aliphatic heterocycles. The largest absolute Gasteiger partial charge is 0.493 e. The standard InChI is InChI=1S/C18H24N2O3/c1-3-12-11-19-20-18(21)17(12)13-8-9-15(22-2)16(10-13)23-14-6-4-5-7-14/h8-12,14,17H,3-7H2,1-2H3,(H,20,21). The van der Waals surface area contributed by atoms with Crippen molar-refractivity contribution in [2.45, 2.75) is 51.0 Å². The van der Waals surface area contributed by atoms with Crippen molar-refractivity contribution in [3.63, 3.8) is 0 Å². The molecule has 0 spiro atoms. The molecule has 1 saturated carbocycles. The second-order valence-electron chi connectivity index (χ2n) is 6.24. The second-order valence-corrected chi connectivity index (χ2v) is 6.24. The molecular formula is C18H24N2O3. The smallest absolute Gasteiger partial charge is 0.248 e. The van der Waals surface area contributed by atoms with Gasteiger partial charge in [-0.1, -0.05) is 13.0 Å². The Balaban J connectivity index is 1.89. The predicted octanol–water partition coefficient (Wildman–Crippen LogP) is 3.24. The number of hydrazone groups is 1. The number of nitrogens with one attached hydrogen (secondary N) is 1. The number of amides is 1. The zero-order chi connectivity index (χ0) is 16.2. The van der Waals surface area contributed by atoms with Crippen molar-refractivity contribution in [3.8, 4) is 11.5 Å². The predicted molar refractivity (Wildman–Crippen MR) is 89.0 cm³/mol. The third-order valence-corrected chi connectivity index (χ3v) is 4.77. The summed E-state index contributed by atoms with van der Waals surface area (Å²) >= 11 is 0. The number of carbonyl (C=O) groups excluding carboxylic acids is 1. The van der Waals surface area contributed by atoms with Crippen LogP contribution in [0.1, 0.15) is 50.5 Å². The van der Waals surface area contributed by atoms with Gasteiger partial charge >= 0.3 is 0 Å². The van der Waals surface area contributed by atoms with Crippen molar-refractivity contribution in [2.75, 3.05) is 7.11 Å². The molecule has 5 nitrogen and oxygen atoms in total. The van der Waals surface area contributed by atoms with E-state index in [4.69, 9.17) is 9.47 Å². The van der Waals surface area contributed by atoms with Crippen molar-refractivity contribution in [3.05, 3.63) is 23.8 Å². The zero-order valence-electron chi connectivity index (χ0n) is 13.7. The van der Waals surface area contributed by atoms with Crippen LogP contribution in [-0.2, 0) is 4.79 Å². The molecule has 1 amide bonds. The molecule has 3 rings (SSSR count). The van der Waals surface area contributed by atoms with Crippen LogP contribution in [0.5, 0.6) is 11.5 Å². The number of ether oxygens (including phenoxy) is 2. The summed E-state index contributed by atoms with van der Waals surface area (Å²) < 4.78 is 11.6. The average Bonchev–Trinajstić information content (AvgIpc) is 3.07. The minimum Gasteiger partial charge on any atom is -0.493 e. The second kappa shape index (κ2) is 7.02. The molecule has 1 heterocycles. The van der Waals surface area contributed by atoms with Gasteiger partial charge in [-0.15, -0.1) is 0 Å². The summed E-state index contributed by atoms with van der Waals surface area (Å²) in [5, 5.41) is 3.94. The molecule has 0 saturated heterocycles. The van der Waals surface area contributed by atoms with Crippen molar-refractivity contribution in [2.24, 2.45) is 11.0 Å². The molecule has 1 aliphatic carbocycles. The molecule has 0 bridgehead atoms. The fraction of sp³-hybridized carbons (Fsp3) is 0.556. The molecule has 1 N–H and O–H groups in total. The normalized spacial score (nSPS) is 24.5. The Morgan fingerprint density at radius 2 is 2.04 bits per heavy atom. The van der Waals surface area contributed by atoms with Crippen molar-refractivity contribution in [1.29, 1.82) is 0 Å². The van der Waals surface area contributed by atoms with Crippen LogP contribution in [0.3, 0.4) is 0 Å². The highest BCUT2D eigenvalue weighted by atomic mass is 16.5. The minimum absolute atomic E-state index is 0.0590. The van der Waals surface area contributed by atoms with Crippen molar-refractivity contribution >= 4 is 12.1 Å². The molecule has 1 aromatic rings. The molecule has 2 unspecified atom stereocenters. The van der Waals surface area contributed by atoms with Gasteiger partial charge in [0.1, 0.15) is 0 Å². The van der Waals surface area contributed by atoms with E-state index in [1.807, 2.05) is 24.4 Å². The summed E-state index contributed by atoms with van der Waals surface area (Å²) in [5.41, 5.74) is 3.53. The Labute approximate surface area is 137 Å². The number of hydrogen-bond acceptors (Lipinski definition) is 4. The average molecular weight is 316 g/mol. The molecule has 0 aromatic heterocycles. The third-order valence-electron chi connectivity index (χ3n) is 4.77. The van der Waals surface area contributed by atoms with Gasteiger partial charge in [-0.25, -0.2) is 5.43 Å². The molecule has 5 heteroatoms. The van der Waals surface area contributed by atoms with Gasteiger partial charge in [-0.05, 0) is 49.8 Å². The van der Waals surface area contributed by atoms with E-state index >= 15 is 0 Å². The molecule has 124 valence electrons. The molecule has 0 radical (unpaired) electrons. The molecule has 2 atom stereocenters. The van der Waals surface area contributed by atoms with Gasteiger partial charge in [0.2, 0.25) is 5.91 Å². The van der Waals surface area contributed by atoms with E-state index in [0.717, 1.165) is 36.3 Å². The Morgan fingerprint density at radius 1 is 1.26 bits per heavy atom. The van der Waals surface area contributed by atoms with Crippen LogP contribution in [0.4, 0.5) is 0 Å². The molecule has 23 heavy (non-hydrogen) atoms. The van der Waals surface area contributed by atoms with Gasteiger partial charge in [0.25, 0.3) is 0 Å². The fourth-order valence-electron chi connectivity index (χ4n) is 3.45. The topological polar surface area (TPSA) is 59.9 Å². The molecule has 2 aliphatic rings. The summed E-state index contributed by atoms with van der Waals surface area (Å²) in [6, 6.07) is 5.81. The lowest BCUT2D eigenvalue weighted by Gasteiger charge is -2.26. The van der Waals surface area contributed by atoms with Crippen LogP contribution >= 0.6 is 0 Å². The number of benzene rings is 1. The first-order chi connectivity index (χ1) is 11.2. The first-order valence-electron chi connectivity index (χ1n) is 8.40. The van der Waals surface area contributed by atoms with E-state index < -0.39 is 0 Å². The van der Waals surface area contributed by atoms with E-state index in [0.29, 0.717) is 0 Å². The Bertz CT molecular complexity index is 594. The number of nitrogens with zero attached hydrogens (tertiary/aromatic N) is 1. The maximum Gasteiger partial charge on any atom is 0.248 e. The number of hydrogen-bond donors (Lipinski definition) is 1. The molecule has 1 aromatic carbocycles. The first kappa shape index (κ1) is 15.8. The fourth-order valence-corrected chi connectivity index (χ4v) is 3.45. The maximum atomic E-state index is 12.3. The number of methoxy groups -OCH3 is 1. The van der Waals surface area contributed by atoms with E-state index in [1.54, 1.807) is 7.11 Å². The summed E-state index contributed by atoms with van der Waals surface area (Å²) in [4.78, 5) is 12.3. The highest BCUT2D eigenvalue weighted by Crippen LogP contribution is 2.37. The summed E-state index contributed by atoms with van der Waals surface area (Å²) in [6.07, 6.45) is 7.55. The van der Waals surface area contributed by atoms with Gasteiger partial charge in [0.05, 0.1) is 19.1 Å². The molecule has 1 fully saturated rings. The Morgan fingerprint density at radius 3 is 2.74 bits per heavy atom. The highest BCUT2D eigenvalue weighted by Gasteiger charge is 2.31. The third kappa shape index (κ3) is 3.33. The molecular weight excluding hydrogens is 292 g/mol.